The molecule has 4 nitrogen and oxygen atoms in total. The maximum absolute atomic E-state index is 12.9. The van der Waals surface area contributed by atoms with Crippen LogP contribution in [0.15, 0.2) is 18.3 Å². The predicted molar refractivity (Wildman–Crippen MR) is 70.6 cm³/mol. The largest absolute Gasteiger partial charge is 0.387 e. The first kappa shape index (κ1) is 13.9. The normalized spacial score (nSPS) is 27.4. The lowest BCUT2D eigenvalue weighted by molar-refractivity contribution is -0.159. The van der Waals surface area contributed by atoms with Crippen LogP contribution in [0.3, 0.4) is 0 Å². The van der Waals surface area contributed by atoms with Crippen molar-refractivity contribution in [3.63, 3.8) is 0 Å². The second-order valence-corrected chi connectivity index (χ2v) is 5.74. The highest BCUT2D eigenvalue weighted by atomic mass is 19.1. The summed E-state index contributed by atoms with van der Waals surface area (Å²) in [5, 5.41) is 10.5. The van der Waals surface area contributed by atoms with Gasteiger partial charge in [0, 0.05) is 19.8 Å². The third-order valence-corrected chi connectivity index (χ3v) is 4.43. The molecule has 2 fully saturated rings. The first-order valence-electron chi connectivity index (χ1n) is 7.20. The Morgan fingerprint density at radius 2 is 2.10 bits per heavy atom. The molecule has 110 valence electrons. The summed E-state index contributed by atoms with van der Waals surface area (Å²) in [6.45, 7) is 2.10. The molecule has 2 unspecified atom stereocenters. The highest BCUT2D eigenvalue weighted by molar-refractivity contribution is 5.10. The molecule has 1 spiro atoms. The predicted octanol–water partition coefficient (Wildman–Crippen LogP) is 2.23. The van der Waals surface area contributed by atoms with Crippen molar-refractivity contribution >= 4 is 0 Å². The second kappa shape index (κ2) is 5.76. The van der Waals surface area contributed by atoms with Gasteiger partial charge in [0.05, 0.1) is 23.6 Å². The summed E-state index contributed by atoms with van der Waals surface area (Å²) in [5.74, 6) is -0.270. The first-order valence-corrected chi connectivity index (χ1v) is 7.20. The lowest BCUT2D eigenvalue weighted by atomic mass is 9.78. The Morgan fingerprint density at radius 3 is 2.80 bits per heavy atom. The zero-order chi connectivity index (χ0) is 14.0. The molecule has 0 aromatic carbocycles. The van der Waals surface area contributed by atoms with Gasteiger partial charge in [-0.05, 0) is 43.7 Å². The third-order valence-electron chi connectivity index (χ3n) is 4.43. The molecule has 2 saturated heterocycles. The molecule has 3 heterocycles. The number of rotatable bonds is 2. The van der Waals surface area contributed by atoms with Gasteiger partial charge < -0.3 is 14.6 Å². The monoisotopic (exact) mass is 281 g/mol. The van der Waals surface area contributed by atoms with E-state index in [4.69, 9.17) is 9.47 Å². The zero-order valence-corrected chi connectivity index (χ0v) is 11.4. The molecule has 0 saturated carbocycles. The van der Waals surface area contributed by atoms with Crippen molar-refractivity contribution in [2.75, 3.05) is 19.8 Å². The number of nitrogens with zero attached hydrogens (tertiary/aromatic N) is 1. The molecule has 1 aromatic heterocycles. The van der Waals surface area contributed by atoms with E-state index in [-0.39, 0.29) is 17.3 Å². The quantitative estimate of drug-likeness (QED) is 0.903. The number of pyridine rings is 1. The van der Waals surface area contributed by atoms with E-state index in [1.165, 1.54) is 6.07 Å². The van der Waals surface area contributed by atoms with Gasteiger partial charge in [0.15, 0.2) is 0 Å². The fourth-order valence-electron chi connectivity index (χ4n) is 3.23. The molecule has 2 aliphatic rings. The number of hydrogen-bond acceptors (Lipinski definition) is 4. The minimum absolute atomic E-state index is 0.111. The summed E-state index contributed by atoms with van der Waals surface area (Å²) in [7, 11) is 0. The maximum atomic E-state index is 12.9. The van der Waals surface area contributed by atoms with Crippen LogP contribution in [0.25, 0.3) is 0 Å². The van der Waals surface area contributed by atoms with Gasteiger partial charge in [0.25, 0.3) is 0 Å². The Hall–Kier alpha value is -1.04. The molecule has 5 heteroatoms. The molecule has 2 atom stereocenters. The molecule has 20 heavy (non-hydrogen) atoms. The van der Waals surface area contributed by atoms with Gasteiger partial charge in [-0.15, -0.1) is 0 Å². The average Bonchev–Trinajstić information content (AvgIpc) is 2.48. The smallest absolute Gasteiger partial charge is 0.141 e. The Morgan fingerprint density at radius 1 is 1.30 bits per heavy atom. The van der Waals surface area contributed by atoms with Gasteiger partial charge in [-0.25, -0.2) is 4.39 Å². The van der Waals surface area contributed by atoms with Crippen molar-refractivity contribution in [2.45, 2.75) is 37.4 Å². The van der Waals surface area contributed by atoms with Crippen molar-refractivity contribution in [1.82, 2.24) is 4.98 Å². The number of halogens is 1. The van der Waals surface area contributed by atoms with Crippen LogP contribution in [-0.4, -0.2) is 35.5 Å². The number of aliphatic hydroxyl groups is 1. The third kappa shape index (κ3) is 2.85. The van der Waals surface area contributed by atoms with Crippen LogP contribution in [0.4, 0.5) is 4.39 Å². The molecule has 0 bridgehead atoms. The van der Waals surface area contributed by atoms with E-state index in [9.17, 15) is 9.50 Å². The lowest BCUT2D eigenvalue weighted by Crippen LogP contribution is -2.45. The Balaban J connectivity index is 1.71. The molecule has 1 aromatic rings. The van der Waals surface area contributed by atoms with Gasteiger partial charge in [0.1, 0.15) is 5.82 Å². The minimum atomic E-state index is -0.654. The SMILES string of the molecule is OC(c1ccc(F)cn1)C1CCOC2(CCOCC2)C1. The van der Waals surface area contributed by atoms with Crippen LogP contribution >= 0.6 is 0 Å². The van der Waals surface area contributed by atoms with E-state index >= 15 is 0 Å². The van der Waals surface area contributed by atoms with E-state index in [1.807, 2.05) is 0 Å². The molecule has 3 rings (SSSR count). The molecule has 1 N–H and O–H groups in total. The van der Waals surface area contributed by atoms with Crippen molar-refractivity contribution in [1.29, 1.82) is 0 Å². The van der Waals surface area contributed by atoms with Crippen molar-refractivity contribution < 1.29 is 19.0 Å². The minimum Gasteiger partial charge on any atom is -0.387 e. The van der Waals surface area contributed by atoms with Crippen LogP contribution in [0.5, 0.6) is 0 Å². The van der Waals surface area contributed by atoms with Crippen molar-refractivity contribution in [3.8, 4) is 0 Å². The Bertz CT molecular complexity index is 439. The number of ether oxygens (including phenoxy) is 2. The number of aliphatic hydroxyl groups excluding tert-OH is 1. The summed E-state index contributed by atoms with van der Waals surface area (Å²) in [4.78, 5) is 4.00. The Labute approximate surface area is 117 Å². The number of hydrogen-bond donors (Lipinski definition) is 1. The summed E-state index contributed by atoms with van der Waals surface area (Å²) in [5.41, 5.74) is 0.392. The van der Waals surface area contributed by atoms with Crippen LogP contribution in [-0.2, 0) is 9.47 Å². The molecule has 2 aliphatic heterocycles. The van der Waals surface area contributed by atoms with E-state index in [0.717, 1.165) is 45.1 Å². The molecular weight excluding hydrogens is 261 g/mol. The molecule has 0 radical (unpaired) electrons. The fourth-order valence-corrected chi connectivity index (χ4v) is 3.23. The maximum Gasteiger partial charge on any atom is 0.141 e. The average molecular weight is 281 g/mol. The Kier molecular flexibility index (Phi) is 4.01. The van der Waals surface area contributed by atoms with E-state index < -0.39 is 6.10 Å². The summed E-state index contributed by atoms with van der Waals surface area (Å²) < 4.78 is 24.3. The number of aromatic nitrogens is 1. The standard InChI is InChI=1S/C15H20FNO3/c16-12-1-2-13(17-10-12)14(18)11-3-6-20-15(9-11)4-7-19-8-5-15/h1-2,10-11,14,18H,3-9H2. The summed E-state index contributed by atoms with van der Waals surface area (Å²) in [6, 6.07) is 2.90. The van der Waals surface area contributed by atoms with Crippen LogP contribution in [0, 0.1) is 11.7 Å². The fraction of sp³-hybridized carbons (Fsp3) is 0.667. The summed E-state index contributed by atoms with van der Waals surface area (Å²) >= 11 is 0. The van der Waals surface area contributed by atoms with Gasteiger partial charge in [-0.2, -0.15) is 0 Å². The second-order valence-electron chi connectivity index (χ2n) is 5.74. The van der Waals surface area contributed by atoms with Gasteiger partial charge in [0.2, 0.25) is 0 Å². The van der Waals surface area contributed by atoms with E-state index in [0.29, 0.717) is 12.3 Å². The molecule has 0 aliphatic carbocycles. The van der Waals surface area contributed by atoms with Crippen molar-refractivity contribution in [2.24, 2.45) is 5.92 Å². The van der Waals surface area contributed by atoms with Crippen LogP contribution in [0.2, 0.25) is 0 Å². The van der Waals surface area contributed by atoms with E-state index in [2.05, 4.69) is 4.98 Å². The highest BCUT2D eigenvalue weighted by Gasteiger charge is 2.41. The van der Waals surface area contributed by atoms with E-state index in [1.54, 1.807) is 6.07 Å². The first-order chi connectivity index (χ1) is 9.69. The van der Waals surface area contributed by atoms with Crippen LogP contribution in [0.1, 0.15) is 37.5 Å². The molecule has 0 amide bonds. The van der Waals surface area contributed by atoms with Crippen molar-refractivity contribution in [3.05, 3.63) is 29.8 Å². The van der Waals surface area contributed by atoms with Crippen LogP contribution < -0.4 is 0 Å². The highest BCUT2D eigenvalue weighted by Crippen LogP contribution is 2.41. The topological polar surface area (TPSA) is 51.6 Å². The lowest BCUT2D eigenvalue weighted by Gasteiger charge is -2.44. The summed E-state index contributed by atoms with van der Waals surface area (Å²) in [6.07, 6.45) is 3.89. The zero-order valence-electron chi connectivity index (χ0n) is 11.4. The van der Waals surface area contributed by atoms with Gasteiger partial charge in [-0.1, -0.05) is 0 Å². The molecular formula is C15H20FNO3. The van der Waals surface area contributed by atoms with Gasteiger partial charge >= 0.3 is 0 Å². The van der Waals surface area contributed by atoms with Gasteiger partial charge in [-0.3, -0.25) is 4.98 Å².